The fourth-order valence-electron chi connectivity index (χ4n) is 2.97. The van der Waals surface area contributed by atoms with E-state index in [-0.39, 0.29) is 5.25 Å². The van der Waals surface area contributed by atoms with Crippen molar-refractivity contribution < 1.29 is 9.53 Å². The number of rotatable bonds is 3. The third-order valence-corrected chi connectivity index (χ3v) is 5.44. The van der Waals surface area contributed by atoms with Crippen LogP contribution < -0.4 is 4.74 Å². The van der Waals surface area contributed by atoms with Crippen LogP contribution in [-0.4, -0.2) is 18.4 Å². The number of aromatic nitrogens is 1. The summed E-state index contributed by atoms with van der Waals surface area (Å²) in [6, 6.07) is 17.9. The van der Waals surface area contributed by atoms with Crippen LogP contribution in [0, 0.1) is 0 Å². The molecule has 1 atom stereocenters. The van der Waals surface area contributed by atoms with E-state index in [0.29, 0.717) is 0 Å². The van der Waals surface area contributed by atoms with Gasteiger partial charge in [0, 0.05) is 22.1 Å². The lowest BCUT2D eigenvalue weighted by atomic mass is 10.0. The minimum Gasteiger partial charge on any atom is -0.496 e. The van der Waals surface area contributed by atoms with Gasteiger partial charge in [-0.3, -0.25) is 4.79 Å². The van der Waals surface area contributed by atoms with E-state index in [4.69, 9.17) is 9.72 Å². The molecule has 3 nitrogen and oxygen atoms in total. The van der Waals surface area contributed by atoms with Crippen molar-refractivity contribution in [2.45, 2.75) is 10.3 Å². The molecule has 0 saturated carbocycles. The number of nitrogens with zero attached hydrogens (tertiary/aromatic N) is 1. The number of benzene rings is 2. The highest BCUT2D eigenvalue weighted by molar-refractivity contribution is 7.99. The molecule has 4 rings (SSSR count). The highest BCUT2D eigenvalue weighted by Gasteiger charge is 2.27. The molecular weight excluding hydrogens is 318 g/mol. The number of hydrogen-bond donors (Lipinski definition) is 0. The molecule has 118 valence electrons. The molecule has 0 unspecified atom stereocenters. The van der Waals surface area contributed by atoms with Crippen molar-refractivity contribution in [3.05, 3.63) is 71.3 Å². The molecule has 4 heteroatoms. The number of methoxy groups -OCH3 is 1. The number of hydrogen-bond acceptors (Lipinski definition) is 4. The Labute approximate surface area is 144 Å². The van der Waals surface area contributed by atoms with Crippen molar-refractivity contribution in [2.75, 3.05) is 7.11 Å². The van der Waals surface area contributed by atoms with Gasteiger partial charge in [0.1, 0.15) is 17.1 Å². The quantitative estimate of drug-likeness (QED) is 0.653. The van der Waals surface area contributed by atoms with Crippen molar-refractivity contribution in [1.82, 2.24) is 4.98 Å². The molecule has 0 radical (unpaired) electrons. The third-order valence-electron chi connectivity index (χ3n) is 4.13. The van der Waals surface area contributed by atoms with E-state index in [1.807, 2.05) is 54.6 Å². The average Bonchev–Trinajstić information content (AvgIpc) is 2.65. The summed E-state index contributed by atoms with van der Waals surface area (Å²) in [5, 5.41) is 1.91. The summed E-state index contributed by atoms with van der Waals surface area (Å²) >= 11 is 1.60. The summed E-state index contributed by atoms with van der Waals surface area (Å²) in [6.07, 6.45) is 2.87. The van der Waals surface area contributed by atoms with Crippen LogP contribution in [0.4, 0.5) is 0 Å². The van der Waals surface area contributed by atoms with E-state index in [0.717, 1.165) is 44.7 Å². The van der Waals surface area contributed by atoms with Crippen molar-refractivity contribution in [1.29, 1.82) is 0 Å². The number of fused-ring (bicyclic) bond motifs is 2. The molecule has 0 N–H and O–H groups in total. The lowest BCUT2D eigenvalue weighted by Gasteiger charge is -2.24. The maximum absolute atomic E-state index is 11.7. The molecule has 0 aliphatic carbocycles. The van der Waals surface area contributed by atoms with Crippen molar-refractivity contribution in [2.24, 2.45) is 0 Å². The minimum absolute atomic E-state index is 0.111. The standard InChI is InChI=1S/C20H15NO2S/c1-23-18-9-5-3-7-16(18)19-15(12-22)11-14-10-13-6-2-4-8-17(13)21-20(14)24-19/h2-12,19H,1H3/t19-/m0/s1. The second-order valence-electron chi connectivity index (χ2n) is 5.58. The van der Waals surface area contributed by atoms with Gasteiger partial charge in [0.15, 0.2) is 0 Å². The summed E-state index contributed by atoms with van der Waals surface area (Å²) < 4.78 is 5.47. The van der Waals surface area contributed by atoms with E-state index >= 15 is 0 Å². The summed E-state index contributed by atoms with van der Waals surface area (Å²) in [7, 11) is 1.65. The van der Waals surface area contributed by atoms with E-state index in [1.54, 1.807) is 18.9 Å². The summed E-state index contributed by atoms with van der Waals surface area (Å²) in [6.45, 7) is 0. The van der Waals surface area contributed by atoms with Crippen molar-refractivity contribution in [3.63, 3.8) is 0 Å². The Balaban J connectivity index is 1.86. The molecule has 0 amide bonds. The number of ether oxygens (including phenoxy) is 1. The maximum Gasteiger partial charge on any atom is 0.147 e. The summed E-state index contributed by atoms with van der Waals surface area (Å²) in [5.74, 6) is 0.784. The first kappa shape index (κ1) is 15.0. The highest BCUT2D eigenvalue weighted by atomic mass is 32.2. The average molecular weight is 333 g/mol. The summed E-state index contributed by atoms with van der Waals surface area (Å²) in [4.78, 5) is 16.5. The molecule has 2 heterocycles. The number of aldehydes is 1. The van der Waals surface area contributed by atoms with Gasteiger partial charge in [-0.25, -0.2) is 4.98 Å². The second kappa shape index (κ2) is 6.13. The Morgan fingerprint density at radius 2 is 1.92 bits per heavy atom. The van der Waals surface area contributed by atoms with Crippen molar-refractivity contribution in [3.8, 4) is 5.75 Å². The first-order valence-electron chi connectivity index (χ1n) is 7.66. The van der Waals surface area contributed by atoms with E-state index in [2.05, 4.69) is 6.07 Å². The second-order valence-corrected chi connectivity index (χ2v) is 6.67. The fourth-order valence-corrected chi connectivity index (χ4v) is 4.18. The van der Waals surface area contributed by atoms with E-state index in [9.17, 15) is 4.79 Å². The highest BCUT2D eigenvalue weighted by Crippen LogP contribution is 2.48. The van der Waals surface area contributed by atoms with Gasteiger partial charge < -0.3 is 4.74 Å². The van der Waals surface area contributed by atoms with Crippen LogP contribution in [0.1, 0.15) is 16.4 Å². The lowest BCUT2D eigenvalue weighted by molar-refractivity contribution is -0.104. The lowest BCUT2D eigenvalue weighted by Crippen LogP contribution is -2.07. The van der Waals surface area contributed by atoms with Gasteiger partial charge in [0.25, 0.3) is 0 Å². The van der Waals surface area contributed by atoms with Crippen LogP contribution in [0.25, 0.3) is 17.0 Å². The molecule has 0 bridgehead atoms. The third kappa shape index (κ3) is 2.49. The normalized spacial score (nSPS) is 16.4. The van der Waals surface area contributed by atoms with Gasteiger partial charge in [0.2, 0.25) is 0 Å². The van der Waals surface area contributed by atoms with Crippen LogP contribution in [0.3, 0.4) is 0 Å². The SMILES string of the molecule is COc1ccccc1[C@H]1Sc2nc3ccccc3cc2C=C1C=O. The van der Waals surface area contributed by atoms with Crippen molar-refractivity contribution >= 4 is 35.0 Å². The molecule has 24 heavy (non-hydrogen) atoms. The van der Waals surface area contributed by atoms with Crippen LogP contribution in [0.15, 0.2) is 65.2 Å². The Morgan fingerprint density at radius 1 is 1.12 bits per heavy atom. The molecule has 0 fully saturated rings. The Morgan fingerprint density at radius 3 is 2.75 bits per heavy atom. The van der Waals surface area contributed by atoms with Gasteiger partial charge in [-0.1, -0.05) is 48.2 Å². The molecule has 0 saturated heterocycles. The molecule has 1 aliphatic rings. The van der Waals surface area contributed by atoms with Gasteiger partial charge in [-0.15, -0.1) is 0 Å². The van der Waals surface area contributed by atoms with Crippen LogP contribution >= 0.6 is 11.8 Å². The smallest absolute Gasteiger partial charge is 0.147 e. The summed E-state index contributed by atoms with van der Waals surface area (Å²) in [5.41, 5.74) is 3.68. The van der Waals surface area contributed by atoms with Crippen LogP contribution in [0.5, 0.6) is 5.75 Å². The Kier molecular flexibility index (Phi) is 3.82. The predicted molar refractivity (Wildman–Crippen MR) is 97.4 cm³/mol. The largest absolute Gasteiger partial charge is 0.496 e. The zero-order valence-corrected chi connectivity index (χ0v) is 13.9. The van der Waals surface area contributed by atoms with Gasteiger partial charge in [-0.05, 0) is 24.3 Å². The van der Waals surface area contributed by atoms with E-state index < -0.39 is 0 Å². The van der Waals surface area contributed by atoms with E-state index in [1.165, 1.54) is 0 Å². The minimum atomic E-state index is -0.111. The molecule has 3 aromatic rings. The number of carbonyl (C=O) groups excluding carboxylic acids is 1. The molecular formula is C20H15NO2S. The predicted octanol–water partition coefficient (Wildman–Crippen LogP) is 4.67. The zero-order chi connectivity index (χ0) is 16.5. The van der Waals surface area contributed by atoms with Gasteiger partial charge >= 0.3 is 0 Å². The monoisotopic (exact) mass is 333 g/mol. The number of thioether (sulfide) groups is 1. The fraction of sp³-hybridized carbons (Fsp3) is 0.100. The topological polar surface area (TPSA) is 39.2 Å². The maximum atomic E-state index is 11.7. The first-order valence-corrected chi connectivity index (χ1v) is 8.54. The number of pyridine rings is 1. The Hall–Kier alpha value is -2.59. The molecule has 0 spiro atoms. The van der Waals surface area contributed by atoms with Gasteiger partial charge in [-0.2, -0.15) is 0 Å². The number of para-hydroxylation sites is 2. The zero-order valence-electron chi connectivity index (χ0n) is 13.1. The van der Waals surface area contributed by atoms with Crippen LogP contribution in [-0.2, 0) is 4.79 Å². The first-order chi connectivity index (χ1) is 11.8. The number of carbonyl (C=O) groups is 1. The molecule has 1 aromatic heterocycles. The molecule has 2 aromatic carbocycles. The Bertz CT molecular complexity index is 965. The van der Waals surface area contributed by atoms with Gasteiger partial charge in [0.05, 0.1) is 17.9 Å². The molecule has 1 aliphatic heterocycles. The van der Waals surface area contributed by atoms with Crippen LogP contribution in [0.2, 0.25) is 0 Å².